The topological polar surface area (TPSA) is 94.0 Å². The van der Waals surface area contributed by atoms with Gasteiger partial charge in [0.25, 0.3) is 0 Å². The molecule has 0 bridgehead atoms. The van der Waals surface area contributed by atoms with Crippen LogP contribution in [0.5, 0.6) is 11.5 Å². The van der Waals surface area contributed by atoms with Crippen molar-refractivity contribution in [1.29, 1.82) is 10.5 Å². The van der Waals surface area contributed by atoms with E-state index in [4.69, 9.17) is 9.47 Å². The van der Waals surface area contributed by atoms with Gasteiger partial charge in [0.2, 0.25) is 0 Å². The molecule has 0 aliphatic rings. The molecule has 0 aliphatic carbocycles. The van der Waals surface area contributed by atoms with Crippen molar-refractivity contribution < 1.29 is 9.47 Å². The highest BCUT2D eigenvalue weighted by atomic mass is 16.5. The molecule has 0 radical (unpaired) electrons. The number of azo groups is 1. The number of benzene rings is 2. The lowest BCUT2D eigenvalue weighted by molar-refractivity contribution is 0.309. The first-order chi connectivity index (χ1) is 22.0. The average Bonchev–Trinajstić information content (AvgIpc) is 3.07. The summed E-state index contributed by atoms with van der Waals surface area (Å²) in [5.74, 6) is 2.45. The van der Waals surface area contributed by atoms with Crippen LogP contribution in [-0.2, 0) is 0 Å². The summed E-state index contributed by atoms with van der Waals surface area (Å²) in [5, 5.41) is 28.7. The van der Waals surface area contributed by atoms with Gasteiger partial charge < -0.3 is 14.4 Å². The zero-order chi connectivity index (χ0) is 32.9. The lowest BCUT2D eigenvalue weighted by Crippen LogP contribution is -2.34. The minimum atomic E-state index is 0.247. The van der Waals surface area contributed by atoms with Gasteiger partial charge in [-0.25, -0.2) is 0 Å². The molecule has 0 heterocycles. The molecule has 2 rings (SSSR count). The number of ether oxygens (including phenoxy) is 2. The van der Waals surface area contributed by atoms with E-state index in [0.717, 1.165) is 44.5 Å². The van der Waals surface area contributed by atoms with Crippen LogP contribution in [0.25, 0.3) is 0 Å². The van der Waals surface area contributed by atoms with Gasteiger partial charge in [-0.1, -0.05) is 92.9 Å². The standard InChI is InChI=1S/C38H57N5O2/c1-7-13-17-30(11-5)28-43(29-31(12-6)18-14-8-2)34-19-20-36(37(25-34)45-22-16-10-4)41-42-38-32(26-39)23-35(24-33(38)27-40)44-21-15-9-3/h19-20,23-25,30-31H,7-18,21-22,28-29H2,1-6H3. The highest BCUT2D eigenvalue weighted by Gasteiger charge is 2.20. The number of nitriles is 2. The van der Waals surface area contributed by atoms with E-state index < -0.39 is 0 Å². The van der Waals surface area contributed by atoms with Gasteiger partial charge >= 0.3 is 0 Å². The SMILES string of the molecule is CCCCOc1cc(C#N)c(N=Nc2ccc(N(CC(CC)CCCC)CC(CC)CCCC)cc2OCCCC)c(C#N)c1. The number of unbranched alkanes of at least 4 members (excludes halogenated alkanes) is 4. The predicted octanol–water partition coefficient (Wildman–Crippen LogP) is 11.4. The molecule has 0 aromatic heterocycles. The van der Waals surface area contributed by atoms with Gasteiger partial charge in [0.1, 0.15) is 35.0 Å². The molecule has 0 saturated heterocycles. The molecule has 0 spiro atoms. The number of hydrogen-bond donors (Lipinski definition) is 0. The molecule has 2 aromatic rings. The smallest absolute Gasteiger partial charge is 0.148 e. The molecular weight excluding hydrogens is 558 g/mol. The van der Waals surface area contributed by atoms with Gasteiger partial charge in [-0.2, -0.15) is 10.5 Å². The second-order valence-corrected chi connectivity index (χ2v) is 12.1. The second-order valence-electron chi connectivity index (χ2n) is 12.1. The van der Waals surface area contributed by atoms with Crippen LogP contribution in [0.2, 0.25) is 0 Å². The largest absolute Gasteiger partial charge is 0.494 e. The molecule has 0 fully saturated rings. The Kier molecular flexibility index (Phi) is 18.4. The van der Waals surface area contributed by atoms with Gasteiger partial charge in [0.05, 0.1) is 24.3 Å². The van der Waals surface area contributed by atoms with Crippen molar-refractivity contribution in [1.82, 2.24) is 0 Å². The van der Waals surface area contributed by atoms with Crippen LogP contribution >= 0.6 is 0 Å². The number of nitrogens with zero attached hydrogens (tertiary/aromatic N) is 5. The van der Waals surface area contributed by atoms with E-state index in [1.807, 2.05) is 6.07 Å². The zero-order valence-electron chi connectivity index (χ0n) is 28.9. The highest BCUT2D eigenvalue weighted by molar-refractivity contribution is 5.67. The molecular formula is C38H57N5O2. The summed E-state index contributed by atoms with van der Waals surface area (Å²) in [4.78, 5) is 2.57. The van der Waals surface area contributed by atoms with Crippen molar-refractivity contribution in [3.8, 4) is 23.6 Å². The summed E-state index contributed by atoms with van der Waals surface area (Å²) in [5.41, 5.74) is 2.50. The highest BCUT2D eigenvalue weighted by Crippen LogP contribution is 2.37. The summed E-state index contributed by atoms with van der Waals surface area (Å²) in [6.45, 7) is 16.6. The molecule has 2 atom stereocenters. The maximum Gasteiger partial charge on any atom is 0.148 e. The third-order valence-electron chi connectivity index (χ3n) is 8.46. The molecule has 2 aromatic carbocycles. The fourth-order valence-electron chi connectivity index (χ4n) is 5.38. The Morgan fingerprint density at radius 3 is 1.71 bits per heavy atom. The first kappa shape index (κ1) is 37.6. The molecule has 0 N–H and O–H groups in total. The Morgan fingerprint density at radius 1 is 0.689 bits per heavy atom. The van der Waals surface area contributed by atoms with Crippen LogP contribution in [0, 0.1) is 34.5 Å². The van der Waals surface area contributed by atoms with E-state index in [1.165, 1.54) is 51.4 Å². The van der Waals surface area contributed by atoms with Crippen LogP contribution in [0.3, 0.4) is 0 Å². The summed E-state index contributed by atoms with van der Waals surface area (Å²) in [6.07, 6.45) is 13.6. The van der Waals surface area contributed by atoms with Gasteiger partial charge in [-0.05, 0) is 49.7 Å². The molecule has 0 amide bonds. The Morgan fingerprint density at radius 2 is 1.22 bits per heavy atom. The quantitative estimate of drug-likeness (QED) is 0.0915. The van der Waals surface area contributed by atoms with E-state index in [2.05, 4.69) is 80.9 Å². The van der Waals surface area contributed by atoms with E-state index in [9.17, 15) is 10.5 Å². The molecule has 2 unspecified atom stereocenters. The Labute approximate surface area is 273 Å². The van der Waals surface area contributed by atoms with Gasteiger partial charge in [0.15, 0.2) is 0 Å². The number of anilines is 1. The minimum absolute atomic E-state index is 0.247. The van der Waals surface area contributed by atoms with Crippen LogP contribution in [0.4, 0.5) is 17.1 Å². The normalized spacial score (nSPS) is 12.4. The second kappa shape index (κ2) is 22.0. The van der Waals surface area contributed by atoms with Crippen LogP contribution in [-0.4, -0.2) is 26.3 Å². The first-order valence-electron chi connectivity index (χ1n) is 17.5. The monoisotopic (exact) mass is 615 g/mol. The number of hydrogen-bond acceptors (Lipinski definition) is 7. The van der Waals surface area contributed by atoms with Crippen LogP contribution in [0.1, 0.15) is 130 Å². The van der Waals surface area contributed by atoms with E-state index in [-0.39, 0.29) is 16.8 Å². The fraction of sp³-hybridized carbons (Fsp3) is 0.632. The summed E-state index contributed by atoms with van der Waals surface area (Å²) >= 11 is 0. The average molecular weight is 616 g/mol. The maximum absolute atomic E-state index is 9.87. The van der Waals surface area contributed by atoms with E-state index in [1.54, 1.807) is 12.1 Å². The van der Waals surface area contributed by atoms with E-state index >= 15 is 0 Å². The third kappa shape index (κ3) is 12.7. The predicted molar refractivity (Wildman–Crippen MR) is 186 cm³/mol. The van der Waals surface area contributed by atoms with Gasteiger partial charge in [0, 0.05) is 37.0 Å². The van der Waals surface area contributed by atoms with Crippen molar-refractivity contribution in [2.24, 2.45) is 22.1 Å². The molecule has 246 valence electrons. The van der Waals surface area contributed by atoms with Crippen molar-refractivity contribution in [3.05, 3.63) is 41.5 Å². The van der Waals surface area contributed by atoms with Crippen LogP contribution < -0.4 is 14.4 Å². The summed E-state index contributed by atoms with van der Waals surface area (Å²) < 4.78 is 12.1. The Balaban J connectivity index is 2.51. The Bertz CT molecular complexity index is 1190. The molecule has 45 heavy (non-hydrogen) atoms. The molecule has 7 heteroatoms. The summed E-state index contributed by atoms with van der Waals surface area (Å²) in [6, 6.07) is 13.8. The van der Waals surface area contributed by atoms with Crippen molar-refractivity contribution >= 4 is 17.1 Å². The van der Waals surface area contributed by atoms with E-state index in [0.29, 0.717) is 42.2 Å². The van der Waals surface area contributed by atoms with Gasteiger partial charge in [-0.3, -0.25) is 0 Å². The minimum Gasteiger partial charge on any atom is -0.494 e. The molecule has 0 aliphatic heterocycles. The van der Waals surface area contributed by atoms with Crippen molar-refractivity contribution in [3.63, 3.8) is 0 Å². The lowest BCUT2D eigenvalue weighted by Gasteiger charge is -2.33. The zero-order valence-corrected chi connectivity index (χ0v) is 28.9. The summed E-state index contributed by atoms with van der Waals surface area (Å²) in [7, 11) is 0. The maximum atomic E-state index is 9.87. The Hall–Kier alpha value is -3.58. The van der Waals surface area contributed by atoms with Crippen LogP contribution in [0.15, 0.2) is 40.6 Å². The molecule has 0 saturated carbocycles. The third-order valence-corrected chi connectivity index (χ3v) is 8.46. The lowest BCUT2D eigenvalue weighted by atomic mass is 9.95. The fourth-order valence-corrected chi connectivity index (χ4v) is 5.38. The number of rotatable bonds is 23. The van der Waals surface area contributed by atoms with Gasteiger partial charge in [-0.15, -0.1) is 10.2 Å². The van der Waals surface area contributed by atoms with Crippen molar-refractivity contribution in [2.45, 2.75) is 119 Å². The first-order valence-corrected chi connectivity index (χ1v) is 17.5. The van der Waals surface area contributed by atoms with Crippen molar-refractivity contribution in [2.75, 3.05) is 31.2 Å². The molecule has 7 nitrogen and oxygen atoms in total.